The lowest BCUT2D eigenvalue weighted by Crippen LogP contribution is -2.59. The molecule has 53 heavy (non-hydrogen) atoms. The Morgan fingerprint density at radius 3 is 1.74 bits per heavy atom. The summed E-state index contributed by atoms with van der Waals surface area (Å²) in [5.74, 6) is -0.872. The Morgan fingerprint density at radius 2 is 1.11 bits per heavy atom. The van der Waals surface area contributed by atoms with Gasteiger partial charge >= 0.3 is 11.9 Å². The molecule has 6 atom stereocenters. The van der Waals surface area contributed by atoms with Crippen LogP contribution in [0.2, 0.25) is 0 Å². The van der Waals surface area contributed by atoms with E-state index < -0.39 is 55.4 Å². The molecule has 1 heterocycles. The Kier molecular flexibility index (Phi) is 31.0. The van der Waals surface area contributed by atoms with Gasteiger partial charge in [-0.25, -0.2) is 0 Å². The lowest BCUT2D eigenvalue weighted by Gasteiger charge is -2.39. The molecule has 10 nitrogen and oxygen atoms in total. The number of hydrogen-bond donors (Lipinski definition) is 4. The summed E-state index contributed by atoms with van der Waals surface area (Å²) in [5, 5.41) is 40.0. The summed E-state index contributed by atoms with van der Waals surface area (Å²) in [6.07, 6.45) is 32.3. The van der Waals surface area contributed by atoms with Crippen LogP contribution in [0.25, 0.3) is 0 Å². The number of unbranched alkanes of at least 4 members (excludes halogenated alkanes) is 11. The van der Waals surface area contributed by atoms with Crippen LogP contribution in [0.5, 0.6) is 0 Å². The normalized spacial score (nSPS) is 21.5. The van der Waals surface area contributed by atoms with Crippen LogP contribution in [0.1, 0.15) is 142 Å². The Morgan fingerprint density at radius 1 is 0.604 bits per heavy atom. The first-order chi connectivity index (χ1) is 25.8. The summed E-state index contributed by atoms with van der Waals surface area (Å²) in [6.45, 7) is 3.21. The van der Waals surface area contributed by atoms with Crippen LogP contribution in [0, 0.1) is 0 Å². The van der Waals surface area contributed by atoms with Gasteiger partial charge in [0.2, 0.25) is 0 Å². The van der Waals surface area contributed by atoms with Gasteiger partial charge in [0.1, 0.15) is 31.0 Å². The van der Waals surface area contributed by atoms with Crippen LogP contribution in [0.3, 0.4) is 0 Å². The molecule has 0 spiro atoms. The minimum atomic E-state index is -1.60. The SMILES string of the molecule is CC/C=C/C/C=C/C/C=C/C/C=C/CCCCC(=O)OC[C@@H](CO[C@H]1O[C@@H](CO)[C@@H](O)C(O)C1O)OC(=O)CCCCCCC/C=C/CCCCCC. The summed E-state index contributed by atoms with van der Waals surface area (Å²) in [5.41, 5.74) is 0. The lowest BCUT2D eigenvalue weighted by molar-refractivity contribution is -0.305. The van der Waals surface area contributed by atoms with Crippen molar-refractivity contribution in [3.8, 4) is 0 Å². The smallest absolute Gasteiger partial charge is 0.306 e. The van der Waals surface area contributed by atoms with Gasteiger partial charge in [0, 0.05) is 12.8 Å². The highest BCUT2D eigenvalue weighted by atomic mass is 16.7. The number of rotatable bonds is 32. The fraction of sp³-hybridized carbons (Fsp3) is 0.721. The molecule has 0 bridgehead atoms. The van der Waals surface area contributed by atoms with Crippen molar-refractivity contribution in [2.45, 2.75) is 179 Å². The van der Waals surface area contributed by atoms with Gasteiger partial charge in [-0.05, 0) is 77.0 Å². The molecule has 0 aromatic rings. The van der Waals surface area contributed by atoms with E-state index in [9.17, 15) is 30.0 Å². The average molecular weight is 749 g/mol. The predicted molar refractivity (Wildman–Crippen MR) is 210 cm³/mol. The average Bonchev–Trinajstić information content (AvgIpc) is 3.15. The summed E-state index contributed by atoms with van der Waals surface area (Å²) in [7, 11) is 0. The predicted octanol–water partition coefficient (Wildman–Crippen LogP) is 7.88. The minimum absolute atomic E-state index is 0.208. The van der Waals surface area contributed by atoms with Crippen molar-refractivity contribution < 1.29 is 49.0 Å². The zero-order valence-corrected chi connectivity index (χ0v) is 32.7. The highest BCUT2D eigenvalue weighted by Crippen LogP contribution is 2.22. The van der Waals surface area contributed by atoms with E-state index in [1.165, 1.54) is 25.7 Å². The van der Waals surface area contributed by atoms with Gasteiger partial charge in [-0.15, -0.1) is 0 Å². The lowest BCUT2D eigenvalue weighted by atomic mass is 9.99. The second-order valence-electron chi connectivity index (χ2n) is 13.7. The Balaban J connectivity index is 2.42. The number of carbonyl (C=O) groups is 2. The molecule has 0 amide bonds. The van der Waals surface area contributed by atoms with Gasteiger partial charge in [-0.3, -0.25) is 9.59 Å². The molecular formula is C43H72O10. The van der Waals surface area contributed by atoms with Crippen LogP contribution in [0.4, 0.5) is 0 Å². The van der Waals surface area contributed by atoms with E-state index >= 15 is 0 Å². The van der Waals surface area contributed by atoms with E-state index in [1.54, 1.807) is 0 Å². The monoisotopic (exact) mass is 749 g/mol. The van der Waals surface area contributed by atoms with E-state index in [2.05, 4.69) is 74.6 Å². The van der Waals surface area contributed by atoms with Gasteiger partial charge in [0.15, 0.2) is 12.4 Å². The molecule has 1 rings (SSSR count). The number of ether oxygens (including phenoxy) is 4. The fourth-order valence-electron chi connectivity index (χ4n) is 5.64. The minimum Gasteiger partial charge on any atom is -0.462 e. The van der Waals surface area contributed by atoms with Crippen LogP contribution in [-0.2, 0) is 28.5 Å². The number of carbonyl (C=O) groups excluding carboxylic acids is 2. The summed E-state index contributed by atoms with van der Waals surface area (Å²) in [4.78, 5) is 25.2. The number of allylic oxidation sites excluding steroid dienone is 10. The Bertz CT molecular complexity index is 1050. The van der Waals surface area contributed by atoms with Gasteiger partial charge in [-0.2, -0.15) is 0 Å². The number of aliphatic hydroxyl groups excluding tert-OH is 4. The molecule has 0 aliphatic carbocycles. The molecular weight excluding hydrogens is 676 g/mol. The molecule has 1 aliphatic heterocycles. The molecule has 0 aromatic heterocycles. The molecule has 1 aliphatic rings. The maximum atomic E-state index is 12.7. The van der Waals surface area contributed by atoms with Crippen LogP contribution in [-0.4, -0.2) is 89.0 Å². The van der Waals surface area contributed by atoms with Crippen LogP contribution >= 0.6 is 0 Å². The molecule has 10 heteroatoms. The third-order valence-corrected chi connectivity index (χ3v) is 8.89. The molecule has 0 saturated carbocycles. The number of aliphatic hydroxyl groups is 4. The van der Waals surface area contributed by atoms with Gasteiger partial charge in [0.05, 0.1) is 13.2 Å². The summed E-state index contributed by atoms with van der Waals surface area (Å²) >= 11 is 0. The standard InChI is InChI=1S/C43H72O10/c1-3-5-7-9-11-13-15-17-18-20-21-23-25-27-29-31-38(45)50-34-36(35-51-43-42(49)41(48)40(47)37(33-44)53-43)52-39(46)32-30-28-26-24-22-19-16-14-12-10-8-6-4-2/h5,7,11,13-14,16-18,21,23,36-37,40-44,47-49H,3-4,6,8-10,12,15,19-20,22,24-35H2,1-2H3/b7-5+,13-11+,16-14+,18-17+,23-21+/t36-,37-,40+,41?,42?,43-/m0/s1. The third-order valence-electron chi connectivity index (χ3n) is 8.89. The quantitative estimate of drug-likeness (QED) is 0.0304. The second-order valence-corrected chi connectivity index (χ2v) is 13.7. The maximum Gasteiger partial charge on any atom is 0.306 e. The van der Waals surface area contributed by atoms with Crippen molar-refractivity contribution >= 4 is 11.9 Å². The zero-order chi connectivity index (χ0) is 38.8. The second kappa shape index (κ2) is 33.9. The van der Waals surface area contributed by atoms with E-state index in [1.807, 2.05) is 0 Å². The van der Waals surface area contributed by atoms with E-state index in [0.29, 0.717) is 12.8 Å². The number of esters is 2. The van der Waals surface area contributed by atoms with Crippen molar-refractivity contribution in [3.05, 3.63) is 60.8 Å². The molecule has 0 aromatic carbocycles. The first kappa shape index (κ1) is 48.4. The van der Waals surface area contributed by atoms with Gasteiger partial charge in [-0.1, -0.05) is 113 Å². The van der Waals surface area contributed by atoms with Crippen molar-refractivity contribution in [1.82, 2.24) is 0 Å². The highest BCUT2D eigenvalue weighted by Gasteiger charge is 2.44. The first-order valence-corrected chi connectivity index (χ1v) is 20.4. The summed E-state index contributed by atoms with van der Waals surface area (Å²) < 4.78 is 22.0. The fourth-order valence-corrected chi connectivity index (χ4v) is 5.64. The van der Waals surface area contributed by atoms with Crippen LogP contribution in [0.15, 0.2) is 60.8 Å². The van der Waals surface area contributed by atoms with Gasteiger partial charge in [0.25, 0.3) is 0 Å². The maximum absolute atomic E-state index is 12.7. The van der Waals surface area contributed by atoms with Crippen molar-refractivity contribution in [2.75, 3.05) is 19.8 Å². The van der Waals surface area contributed by atoms with Crippen molar-refractivity contribution in [2.24, 2.45) is 0 Å². The van der Waals surface area contributed by atoms with E-state index in [-0.39, 0.29) is 26.1 Å². The van der Waals surface area contributed by atoms with Gasteiger partial charge < -0.3 is 39.4 Å². The third kappa shape index (κ3) is 25.9. The zero-order valence-electron chi connectivity index (χ0n) is 32.7. The molecule has 2 unspecified atom stereocenters. The molecule has 1 fully saturated rings. The molecule has 0 radical (unpaired) electrons. The Labute approximate surface area is 320 Å². The summed E-state index contributed by atoms with van der Waals surface area (Å²) in [6, 6.07) is 0. The Hall–Kier alpha value is -2.60. The number of hydrogen-bond acceptors (Lipinski definition) is 10. The topological polar surface area (TPSA) is 152 Å². The molecule has 4 N–H and O–H groups in total. The van der Waals surface area contributed by atoms with Crippen LogP contribution < -0.4 is 0 Å². The largest absolute Gasteiger partial charge is 0.462 e. The molecule has 1 saturated heterocycles. The van der Waals surface area contributed by atoms with Crippen molar-refractivity contribution in [3.63, 3.8) is 0 Å². The van der Waals surface area contributed by atoms with E-state index in [4.69, 9.17) is 18.9 Å². The highest BCUT2D eigenvalue weighted by molar-refractivity contribution is 5.70. The first-order valence-electron chi connectivity index (χ1n) is 20.4. The van der Waals surface area contributed by atoms with E-state index in [0.717, 1.165) is 77.0 Å². The molecule has 304 valence electrons. The van der Waals surface area contributed by atoms with Crippen molar-refractivity contribution in [1.29, 1.82) is 0 Å².